The minimum Gasteiger partial charge on any atom is -0.329 e. The van der Waals surface area contributed by atoms with E-state index in [1.54, 1.807) is 0 Å². The molecule has 0 aromatic rings. The van der Waals surface area contributed by atoms with Gasteiger partial charge in [0.2, 0.25) is 0 Å². The summed E-state index contributed by atoms with van der Waals surface area (Å²) in [6, 6.07) is 0. The number of aliphatic imine (C=N–C) groups is 1. The molecule has 3 aliphatic heterocycles. The van der Waals surface area contributed by atoms with Crippen LogP contribution in [-0.2, 0) is 0 Å². The molecular formula is C15H21N3. The SMILES string of the molecule is CCN1CCC(C2=CCN3C=CC=CC3=N2)CC1. The van der Waals surface area contributed by atoms with Crippen LogP contribution in [0.1, 0.15) is 19.8 Å². The van der Waals surface area contributed by atoms with Crippen LogP contribution in [0.3, 0.4) is 0 Å². The van der Waals surface area contributed by atoms with E-state index in [9.17, 15) is 0 Å². The highest BCUT2D eigenvalue weighted by Gasteiger charge is 2.24. The number of hydrogen-bond donors (Lipinski definition) is 0. The zero-order chi connectivity index (χ0) is 12.4. The van der Waals surface area contributed by atoms with Gasteiger partial charge in [0.15, 0.2) is 0 Å². The molecule has 0 N–H and O–H groups in total. The van der Waals surface area contributed by atoms with E-state index >= 15 is 0 Å². The van der Waals surface area contributed by atoms with Crippen LogP contribution in [0.4, 0.5) is 0 Å². The quantitative estimate of drug-likeness (QED) is 0.741. The van der Waals surface area contributed by atoms with Crippen molar-refractivity contribution in [1.82, 2.24) is 9.80 Å². The van der Waals surface area contributed by atoms with Gasteiger partial charge in [-0.05, 0) is 50.7 Å². The third-order valence-corrected chi connectivity index (χ3v) is 4.11. The molecule has 3 rings (SSSR count). The number of hydrogen-bond acceptors (Lipinski definition) is 3. The summed E-state index contributed by atoms with van der Waals surface area (Å²) < 4.78 is 0. The van der Waals surface area contributed by atoms with Crippen LogP contribution in [0, 0.1) is 5.92 Å². The lowest BCUT2D eigenvalue weighted by Crippen LogP contribution is -2.35. The van der Waals surface area contributed by atoms with Gasteiger partial charge < -0.3 is 9.80 Å². The molecule has 0 aromatic heterocycles. The van der Waals surface area contributed by atoms with E-state index in [1.807, 2.05) is 0 Å². The number of piperidine rings is 1. The molecule has 96 valence electrons. The fourth-order valence-corrected chi connectivity index (χ4v) is 2.90. The Bertz CT molecular complexity index is 423. The Hall–Kier alpha value is -1.35. The van der Waals surface area contributed by atoms with Crippen molar-refractivity contribution in [2.45, 2.75) is 19.8 Å². The molecule has 3 heteroatoms. The van der Waals surface area contributed by atoms with Gasteiger partial charge in [0.05, 0.1) is 0 Å². The minimum absolute atomic E-state index is 0.668. The van der Waals surface area contributed by atoms with Gasteiger partial charge >= 0.3 is 0 Å². The first-order chi connectivity index (χ1) is 8.86. The Morgan fingerprint density at radius 3 is 2.89 bits per heavy atom. The lowest BCUT2D eigenvalue weighted by atomic mass is 9.92. The molecule has 3 heterocycles. The first kappa shape index (κ1) is 11.7. The molecule has 0 aromatic carbocycles. The molecule has 0 atom stereocenters. The molecule has 0 bridgehead atoms. The van der Waals surface area contributed by atoms with Gasteiger partial charge in [0, 0.05) is 24.4 Å². The lowest BCUT2D eigenvalue weighted by molar-refractivity contribution is 0.207. The zero-order valence-electron chi connectivity index (χ0n) is 11.0. The van der Waals surface area contributed by atoms with E-state index in [1.165, 1.54) is 38.2 Å². The molecule has 0 aliphatic carbocycles. The first-order valence-electron chi connectivity index (χ1n) is 6.99. The van der Waals surface area contributed by atoms with E-state index in [2.05, 4.69) is 47.2 Å². The molecule has 0 unspecified atom stereocenters. The van der Waals surface area contributed by atoms with Gasteiger partial charge in [-0.1, -0.05) is 13.0 Å². The highest BCUT2D eigenvalue weighted by atomic mass is 15.2. The second kappa shape index (κ2) is 5.11. The van der Waals surface area contributed by atoms with Crippen molar-refractivity contribution in [2.24, 2.45) is 10.9 Å². The molecular weight excluding hydrogens is 222 g/mol. The normalized spacial score (nSPS) is 24.8. The molecule has 0 amide bonds. The number of fused-ring (bicyclic) bond motifs is 1. The van der Waals surface area contributed by atoms with Crippen LogP contribution in [-0.4, -0.2) is 41.8 Å². The van der Waals surface area contributed by atoms with Crippen molar-refractivity contribution in [1.29, 1.82) is 0 Å². The monoisotopic (exact) mass is 243 g/mol. The molecule has 0 spiro atoms. The molecule has 3 aliphatic rings. The maximum atomic E-state index is 4.83. The van der Waals surface area contributed by atoms with Gasteiger partial charge in [0.25, 0.3) is 0 Å². The standard InChI is InChI=1S/C15H21N3/c1-2-17-10-6-13(7-11-17)14-8-12-18-9-4-3-5-15(18)16-14/h3-5,8-9,13H,2,6-7,10-12H2,1H3. The van der Waals surface area contributed by atoms with Crippen molar-refractivity contribution in [3.8, 4) is 0 Å². The van der Waals surface area contributed by atoms with E-state index in [0.29, 0.717) is 5.92 Å². The van der Waals surface area contributed by atoms with Crippen molar-refractivity contribution in [2.75, 3.05) is 26.2 Å². The molecule has 3 nitrogen and oxygen atoms in total. The Morgan fingerprint density at radius 1 is 1.28 bits per heavy atom. The Balaban J connectivity index is 1.68. The van der Waals surface area contributed by atoms with Crippen molar-refractivity contribution in [3.63, 3.8) is 0 Å². The predicted octanol–water partition coefficient (Wildman–Crippen LogP) is 2.40. The Morgan fingerprint density at radius 2 is 2.11 bits per heavy atom. The van der Waals surface area contributed by atoms with Gasteiger partial charge in [-0.25, -0.2) is 4.99 Å². The maximum absolute atomic E-state index is 4.83. The molecule has 0 radical (unpaired) electrons. The molecule has 18 heavy (non-hydrogen) atoms. The summed E-state index contributed by atoms with van der Waals surface area (Å²) >= 11 is 0. The van der Waals surface area contributed by atoms with Crippen LogP contribution in [0.5, 0.6) is 0 Å². The number of rotatable bonds is 2. The lowest BCUT2D eigenvalue weighted by Gasteiger charge is -2.33. The average Bonchev–Trinajstić information content (AvgIpc) is 2.47. The molecule has 1 saturated heterocycles. The summed E-state index contributed by atoms with van der Waals surface area (Å²) in [5, 5.41) is 0. The fourth-order valence-electron chi connectivity index (χ4n) is 2.90. The van der Waals surface area contributed by atoms with Gasteiger partial charge in [0.1, 0.15) is 5.84 Å². The summed E-state index contributed by atoms with van der Waals surface area (Å²) in [5.41, 5.74) is 1.32. The number of likely N-dealkylation sites (tertiary alicyclic amines) is 1. The zero-order valence-corrected chi connectivity index (χ0v) is 11.0. The fraction of sp³-hybridized carbons (Fsp3) is 0.533. The highest BCUT2D eigenvalue weighted by Crippen LogP contribution is 2.28. The van der Waals surface area contributed by atoms with E-state index in [0.717, 1.165) is 12.4 Å². The van der Waals surface area contributed by atoms with Crippen molar-refractivity contribution < 1.29 is 0 Å². The smallest absolute Gasteiger partial charge is 0.133 e. The summed E-state index contributed by atoms with van der Waals surface area (Å²) in [6.07, 6.45) is 13.2. The van der Waals surface area contributed by atoms with Crippen LogP contribution in [0.25, 0.3) is 0 Å². The van der Waals surface area contributed by atoms with Gasteiger partial charge in [-0.3, -0.25) is 0 Å². The summed E-state index contributed by atoms with van der Waals surface area (Å²) in [6.45, 7) is 6.85. The van der Waals surface area contributed by atoms with E-state index < -0.39 is 0 Å². The third kappa shape index (κ3) is 2.27. The van der Waals surface area contributed by atoms with Crippen LogP contribution >= 0.6 is 0 Å². The van der Waals surface area contributed by atoms with Gasteiger partial charge in [-0.2, -0.15) is 0 Å². The molecule has 0 saturated carbocycles. The third-order valence-electron chi connectivity index (χ3n) is 4.11. The van der Waals surface area contributed by atoms with E-state index in [-0.39, 0.29) is 0 Å². The number of nitrogens with zero attached hydrogens (tertiary/aromatic N) is 3. The topological polar surface area (TPSA) is 18.8 Å². The number of allylic oxidation sites excluding steroid dienone is 3. The predicted molar refractivity (Wildman–Crippen MR) is 75.3 cm³/mol. The average molecular weight is 243 g/mol. The minimum atomic E-state index is 0.668. The summed E-state index contributed by atoms with van der Waals surface area (Å²) in [7, 11) is 0. The van der Waals surface area contributed by atoms with Gasteiger partial charge in [-0.15, -0.1) is 0 Å². The van der Waals surface area contributed by atoms with E-state index in [4.69, 9.17) is 4.99 Å². The largest absolute Gasteiger partial charge is 0.329 e. The Kier molecular flexibility index (Phi) is 3.33. The Labute approximate surface area is 109 Å². The molecule has 1 fully saturated rings. The van der Waals surface area contributed by atoms with Crippen molar-refractivity contribution >= 4 is 5.84 Å². The van der Waals surface area contributed by atoms with Crippen LogP contribution in [0.15, 0.2) is 41.2 Å². The number of amidine groups is 1. The second-order valence-electron chi connectivity index (χ2n) is 5.16. The first-order valence-corrected chi connectivity index (χ1v) is 6.99. The van der Waals surface area contributed by atoms with Crippen LogP contribution < -0.4 is 0 Å². The second-order valence-corrected chi connectivity index (χ2v) is 5.16. The highest BCUT2D eigenvalue weighted by molar-refractivity contribution is 5.96. The van der Waals surface area contributed by atoms with Crippen molar-refractivity contribution in [3.05, 3.63) is 36.2 Å². The van der Waals surface area contributed by atoms with Crippen LogP contribution in [0.2, 0.25) is 0 Å². The summed E-state index contributed by atoms with van der Waals surface area (Å²) in [4.78, 5) is 9.55. The maximum Gasteiger partial charge on any atom is 0.133 e. The summed E-state index contributed by atoms with van der Waals surface area (Å²) in [5.74, 6) is 1.77.